The Labute approximate surface area is 114 Å². The minimum Gasteiger partial charge on any atom is -0.379 e. The third kappa shape index (κ3) is 2.22. The van der Waals surface area contributed by atoms with E-state index >= 15 is 0 Å². The minimum atomic E-state index is -0.482. The maximum Gasteiger partial charge on any atom is 0.293 e. The van der Waals surface area contributed by atoms with Gasteiger partial charge in [0, 0.05) is 12.6 Å². The first-order valence-electron chi connectivity index (χ1n) is 6.46. The van der Waals surface area contributed by atoms with E-state index < -0.39 is 4.92 Å². The Kier molecular flexibility index (Phi) is 2.89. The van der Waals surface area contributed by atoms with Crippen LogP contribution in [0, 0.1) is 22.0 Å². The van der Waals surface area contributed by atoms with Gasteiger partial charge in [-0.2, -0.15) is 0 Å². The molecule has 2 N–H and O–H groups in total. The maximum absolute atomic E-state index is 11.6. The average Bonchev–Trinajstić information content (AvgIpc) is 3.11. The zero-order valence-corrected chi connectivity index (χ0v) is 10.9. The van der Waals surface area contributed by atoms with Crippen molar-refractivity contribution in [3.8, 4) is 0 Å². The third-order valence-electron chi connectivity index (χ3n) is 3.79. The van der Waals surface area contributed by atoms with Crippen molar-refractivity contribution in [3.05, 3.63) is 38.9 Å². The monoisotopic (exact) mass is 274 g/mol. The molecule has 3 rings (SSSR count). The van der Waals surface area contributed by atoms with Gasteiger partial charge in [0.15, 0.2) is 0 Å². The lowest BCUT2D eigenvalue weighted by molar-refractivity contribution is -0.383. The number of benzene rings is 1. The fraction of sp³-hybridized carbons (Fsp3) is 0.385. The van der Waals surface area contributed by atoms with E-state index in [0.717, 1.165) is 6.42 Å². The van der Waals surface area contributed by atoms with E-state index in [1.165, 1.54) is 12.4 Å². The second kappa shape index (κ2) is 4.59. The highest BCUT2D eigenvalue weighted by molar-refractivity contribution is 5.86. The summed E-state index contributed by atoms with van der Waals surface area (Å²) >= 11 is 0. The van der Waals surface area contributed by atoms with Crippen LogP contribution in [-0.2, 0) is 0 Å². The zero-order valence-electron chi connectivity index (χ0n) is 10.9. The van der Waals surface area contributed by atoms with Gasteiger partial charge in [-0.15, -0.1) is 0 Å². The van der Waals surface area contributed by atoms with Gasteiger partial charge in [0.1, 0.15) is 5.69 Å². The van der Waals surface area contributed by atoms with E-state index in [4.69, 9.17) is 0 Å². The number of anilines is 1. The molecule has 1 aromatic heterocycles. The molecule has 1 aliphatic rings. The fourth-order valence-electron chi connectivity index (χ4n) is 2.32. The van der Waals surface area contributed by atoms with Crippen LogP contribution in [0.3, 0.4) is 0 Å². The first-order valence-corrected chi connectivity index (χ1v) is 6.46. The van der Waals surface area contributed by atoms with Gasteiger partial charge in [0.05, 0.1) is 22.2 Å². The fourth-order valence-corrected chi connectivity index (χ4v) is 2.32. The molecule has 2 aromatic rings. The molecule has 1 saturated carbocycles. The number of H-pyrrole nitrogens is 1. The first kappa shape index (κ1) is 12.6. The lowest BCUT2D eigenvalue weighted by Crippen LogP contribution is -2.10. The van der Waals surface area contributed by atoms with E-state index in [1.807, 2.05) is 0 Å². The second-order valence-corrected chi connectivity index (χ2v) is 5.23. The molecule has 20 heavy (non-hydrogen) atoms. The van der Waals surface area contributed by atoms with Gasteiger partial charge in [0.25, 0.3) is 11.2 Å². The van der Waals surface area contributed by atoms with Crippen molar-refractivity contribution in [3.63, 3.8) is 0 Å². The Morgan fingerprint density at radius 1 is 1.55 bits per heavy atom. The van der Waals surface area contributed by atoms with Crippen molar-refractivity contribution in [1.29, 1.82) is 0 Å². The van der Waals surface area contributed by atoms with Gasteiger partial charge >= 0.3 is 0 Å². The maximum atomic E-state index is 11.6. The highest BCUT2D eigenvalue weighted by Crippen LogP contribution is 2.38. The highest BCUT2D eigenvalue weighted by atomic mass is 16.6. The van der Waals surface area contributed by atoms with Gasteiger partial charge in [0.2, 0.25) is 0 Å². The highest BCUT2D eigenvalue weighted by Gasteiger charge is 2.32. The molecule has 0 saturated heterocycles. The Hall–Kier alpha value is -2.44. The predicted octanol–water partition coefficient (Wildman–Crippen LogP) is 1.90. The summed E-state index contributed by atoms with van der Waals surface area (Å²) in [5.74, 6) is 1.24. The van der Waals surface area contributed by atoms with Gasteiger partial charge in [-0.3, -0.25) is 14.9 Å². The number of rotatable bonds is 4. The number of nitro groups is 1. The predicted molar refractivity (Wildman–Crippen MR) is 74.8 cm³/mol. The van der Waals surface area contributed by atoms with Crippen LogP contribution in [-0.4, -0.2) is 21.4 Å². The molecule has 1 heterocycles. The van der Waals surface area contributed by atoms with Crippen molar-refractivity contribution >= 4 is 22.3 Å². The summed E-state index contributed by atoms with van der Waals surface area (Å²) in [6, 6.07) is 2.84. The van der Waals surface area contributed by atoms with Crippen molar-refractivity contribution < 1.29 is 4.92 Å². The van der Waals surface area contributed by atoms with Crippen LogP contribution in [0.4, 0.5) is 11.4 Å². The SMILES string of the molecule is CC1CC1CNc1cc2nc[nH]c(=O)c2cc1[N+](=O)[O-]. The van der Waals surface area contributed by atoms with Crippen LogP contribution in [0.2, 0.25) is 0 Å². The standard InChI is InChI=1S/C13H14N4O3/c1-7-2-8(7)5-14-11-4-10-9(3-12(11)17(19)20)13(18)16-6-15-10/h3-4,6-8,14H,2,5H2,1H3,(H,15,16,18). The summed E-state index contributed by atoms with van der Waals surface area (Å²) in [5.41, 5.74) is 0.398. The number of nitro benzene ring substituents is 1. The molecular formula is C13H14N4O3. The van der Waals surface area contributed by atoms with Crippen LogP contribution in [0.5, 0.6) is 0 Å². The Bertz CT molecular complexity index is 740. The Balaban J connectivity index is 2.02. The van der Waals surface area contributed by atoms with Gasteiger partial charge in [-0.05, 0) is 24.3 Å². The summed E-state index contributed by atoms with van der Waals surface area (Å²) in [5, 5.41) is 14.5. The molecule has 7 heteroatoms. The summed E-state index contributed by atoms with van der Waals surface area (Å²) in [6.45, 7) is 2.86. The average molecular weight is 274 g/mol. The largest absolute Gasteiger partial charge is 0.379 e. The van der Waals surface area contributed by atoms with Crippen LogP contribution in [0.25, 0.3) is 10.9 Å². The molecule has 1 aromatic carbocycles. The summed E-state index contributed by atoms with van der Waals surface area (Å²) in [7, 11) is 0. The lowest BCUT2D eigenvalue weighted by Gasteiger charge is -2.07. The minimum absolute atomic E-state index is 0.0932. The zero-order chi connectivity index (χ0) is 14.3. The van der Waals surface area contributed by atoms with E-state index in [9.17, 15) is 14.9 Å². The van der Waals surface area contributed by atoms with Gasteiger partial charge in [-0.1, -0.05) is 6.92 Å². The van der Waals surface area contributed by atoms with Crippen molar-refractivity contribution in [1.82, 2.24) is 9.97 Å². The molecule has 2 atom stereocenters. The lowest BCUT2D eigenvalue weighted by atomic mass is 10.2. The number of aromatic nitrogens is 2. The Morgan fingerprint density at radius 2 is 2.30 bits per heavy atom. The third-order valence-corrected chi connectivity index (χ3v) is 3.79. The topological polar surface area (TPSA) is 101 Å². The molecule has 104 valence electrons. The molecule has 0 bridgehead atoms. The van der Waals surface area contributed by atoms with Crippen LogP contribution < -0.4 is 10.9 Å². The second-order valence-electron chi connectivity index (χ2n) is 5.23. The van der Waals surface area contributed by atoms with Crippen LogP contribution >= 0.6 is 0 Å². The van der Waals surface area contributed by atoms with Gasteiger partial charge in [-0.25, -0.2) is 4.98 Å². The van der Waals surface area contributed by atoms with E-state index in [0.29, 0.717) is 29.6 Å². The summed E-state index contributed by atoms with van der Waals surface area (Å²) in [4.78, 5) is 28.8. The molecule has 0 radical (unpaired) electrons. The number of aromatic amines is 1. The van der Waals surface area contributed by atoms with Crippen molar-refractivity contribution in [2.75, 3.05) is 11.9 Å². The van der Waals surface area contributed by atoms with Gasteiger partial charge < -0.3 is 10.3 Å². The molecule has 1 aliphatic carbocycles. The normalized spacial score (nSPS) is 20.9. The summed E-state index contributed by atoms with van der Waals surface area (Å²) in [6.07, 6.45) is 2.44. The molecule has 2 unspecified atom stereocenters. The molecule has 0 amide bonds. The number of hydrogen-bond donors (Lipinski definition) is 2. The van der Waals surface area contributed by atoms with Crippen molar-refractivity contribution in [2.45, 2.75) is 13.3 Å². The summed E-state index contributed by atoms with van der Waals surface area (Å²) < 4.78 is 0. The number of fused-ring (bicyclic) bond motifs is 1. The quantitative estimate of drug-likeness (QED) is 0.655. The van der Waals surface area contributed by atoms with E-state index in [1.54, 1.807) is 6.07 Å². The molecule has 0 aliphatic heterocycles. The number of hydrogen-bond acceptors (Lipinski definition) is 5. The van der Waals surface area contributed by atoms with Crippen LogP contribution in [0.15, 0.2) is 23.3 Å². The molecule has 7 nitrogen and oxygen atoms in total. The molecular weight excluding hydrogens is 260 g/mol. The Morgan fingerprint density at radius 3 is 2.95 bits per heavy atom. The first-order chi connectivity index (χ1) is 9.56. The molecule has 1 fully saturated rings. The number of nitrogens with zero attached hydrogens (tertiary/aromatic N) is 2. The van der Waals surface area contributed by atoms with Crippen LogP contribution in [0.1, 0.15) is 13.3 Å². The number of nitrogens with one attached hydrogen (secondary N) is 2. The van der Waals surface area contributed by atoms with E-state index in [2.05, 4.69) is 22.2 Å². The van der Waals surface area contributed by atoms with E-state index in [-0.39, 0.29) is 16.6 Å². The van der Waals surface area contributed by atoms with Crippen molar-refractivity contribution in [2.24, 2.45) is 11.8 Å². The smallest absolute Gasteiger partial charge is 0.293 e. The molecule has 0 spiro atoms.